The zero-order chi connectivity index (χ0) is 16.3. The molecule has 1 amide bonds. The van der Waals surface area contributed by atoms with E-state index >= 15 is 0 Å². The van der Waals surface area contributed by atoms with Crippen molar-refractivity contribution >= 4 is 5.91 Å². The summed E-state index contributed by atoms with van der Waals surface area (Å²) in [6.07, 6.45) is 9.47. The molecular weight excluding hydrogens is 278 g/mol. The van der Waals surface area contributed by atoms with Gasteiger partial charge in [-0.1, -0.05) is 39.0 Å². The summed E-state index contributed by atoms with van der Waals surface area (Å²) in [5.74, 6) is 0.0281. The maximum Gasteiger partial charge on any atom is 0.242 e. The van der Waals surface area contributed by atoms with Gasteiger partial charge in [-0.2, -0.15) is 0 Å². The number of rotatable bonds is 13. The molecule has 0 unspecified atom stereocenters. The van der Waals surface area contributed by atoms with Crippen LogP contribution in [0.1, 0.15) is 58.3 Å². The number of hydrogen-bond acceptors (Lipinski definition) is 4. The number of likely N-dealkylation sites (tertiary alicyclic amines) is 1. The van der Waals surface area contributed by atoms with Gasteiger partial charge in [-0.15, -0.1) is 0 Å². The van der Waals surface area contributed by atoms with Gasteiger partial charge in [0.15, 0.2) is 0 Å². The highest BCUT2D eigenvalue weighted by atomic mass is 16.5. The fourth-order valence-electron chi connectivity index (χ4n) is 2.89. The second kappa shape index (κ2) is 11.0. The van der Waals surface area contributed by atoms with Gasteiger partial charge < -0.3 is 15.8 Å². The van der Waals surface area contributed by atoms with E-state index in [0.29, 0.717) is 13.1 Å². The highest BCUT2D eigenvalue weighted by Crippen LogP contribution is 2.18. The van der Waals surface area contributed by atoms with Gasteiger partial charge in [-0.3, -0.25) is 9.69 Å². The zero-order valence-corrected chi connectivity index (χ0v) is 14.5. The number of nitrogens with one attached hydrogen (secondary N) is 1. The van der Waals surface area contributed by atoms with Crippen LogP contribution in [-0.2, 0) is 9.53 Å². The second-order valence-electron chi connectivity index (χ2n) is 6.59. The number of nitrogens with zero attached hydrogens (tertiary/aromatic N) is 1. The molecule has 1 heterocycles. The molecule has 0 aromatic heterocycles. The van der Waals surface area contributed by atoms with Crippen molar-refractivity contribution in [1.82, 2.24) is 10.2 Å². The third kappa shape index (κ3) is 7.07. The van der Waals surface area contributed by atoms with E-state index in [0.717, 1.165) is 32.5 Å². The van der Waals surface area contributed by atoms with Crippen LogP contribution in [0.3, 0.4) is 0 Å². The molecule has 1 aliphatic heterocycles. The molecule has 0 spiro atoms. The summed E-state index contributed by atoms with van der Waals surface area (Å²) in [6.45, 7) is 6.27. The second-order valence-corrected chi connectivity index (χ2v) is 6.59. The molecule has 5 nitrogen and oxygen atoms in total. The maximum absolute atomic E-state index is 12.1. The zero-order valence-electron chi connectivity index (χ0n) is 14.5. The van der Waals surface area contributed by atoms with Gasteiger partial charge in [0.05, 0.1) is 0 Å². The predicted molar refractivity (Wildman–Crippen MR) is 90.9 cm³/mol. The molecule has 1 saturated heterocycles. The Morgan fingerprint density at radius 2 is 1.77 bits per heavy atom. The normalized spacial score (nSPS) is 17.2. The van der Waals surface area contributed by atoms with Crippen molar-refractivity contribution in [1.29, 1.82) is 0 Å². The molecule has 0 radical (unpaired) electrons. The lowest BCUT2D eigenvalue weighted by Gasteiger charge is -2.46. The number of methoxy groups -OCH3 is 1. The van der Waals surface area contributed by atoms with Crippen molar-refractivity contribution in [3.8, 4) is 0 Å². The summed E-state index contributed by atoms with van der Waals surface area (Å²) in [7, 11) is 1.75. The summed E-state index contributed by atoms with van der Waals surface area (Å²) in [4.78, 5) is 14.4. The standard InChI is InChI=1S/C17H35N3O2/c1-3-4-12-20-14-17(18,15-20)16(21)19-11-9-7-5-6-8-10-13-22-2/h3-15,18H2,1-2H3,(H,19,21). The Morgan fingerprint density at radius 3 is 2.41 bits per heavy atom. The molecule has 0 bridgehead atoms. The Labute approximate surface area is 135 Å². The molecule has 0 aromatic carbocycles. The van der Waals surface area contributed by atoms with Gasteiger partial charge in [0.1, 0.15) is 5.54 Å². The summed E-state index contributed by atoms with van der Waals surface area (Å²) in [6, 6.07) is 0. The smallest absolute Gasteiger partial charge is 0.242 e. The van der Waals surface area contributed by atoms with Crippen molar-refractivity contribution in [2.24, 2.45) is 5.73 Å². The number of amides is 1. The van der Waals surface area contributed by atoms with Crippen LogP contribution in [-0.4, -0.2) is 56.2 Å². The average molecular weight is 313 g/mol. The highest BCUT2D eigenvalue weighted by molar-refractivity contribution is 5.87. The van der Waals surface area contributed by atoms with Gasteiger partial charge >= 0.3 is 0 Å². The molecular formula is C17H35N3O2. The topological polar surface area (TPSA) is 67.6 Å². The van der Waals surface area contributed by atoms with Crippen molar-refractivity contribution < 1.29 is 9.53 Å². The van der Waals surface area contributed by atoms with Crippen LogP contribution in [0, 0.1) is 0 Å². The Balaban J connectivity index is 1.96. The molecule has 0 atom stereocenters. The number of hydrogen-bond donors (Lipinski definition) is 2. The third-order valence-electron chi connectivity index (χ3n) is 4.35. The van der Waals surface area contributed by atoms with Crippen molar-refractivity contribution in [3.05, 3.63) is 0 Å². The van der Waals surface area contributed by atoms with E-state index < -0.39 is 5.54 Å². The lowest BCUT2D eigenvalue weighted by molar-refractivity contribution is -0.132. The van der Waals surface area contributed by atoms with Crippen molar-refractivity contribution in [2.75, 3.05) is 39.9 Å². The summed E-state index contributed by atoms with van der Waals surface area (Å²) < 4.78 is 5.03. The first-order valence-electron chi connectivity index (χ1n) is 8.91. The molecule has 3 N–H and O–H groups in total. The number of carbonyl (C=O) groups excluding carboxylic acids is 1. The van der Waals surface area contributed by atoms with Gasteiger partial charge in [0, 0.05) is 33.4 Å². The van der Waals surface area contributed by atoms with E-state index in [2.05, 4.69) is 17.1 Å². The third-order valence-corrected chi connectivity index (χ3v) is 4.35. The summed E-state index contributed by atoms with van der Waals surface area (Å²) in [5, 5.41) is 3.00. The Morgan fingerprint density at radius 1 is 1.14 bits per heavy atom. The molecule has 130 valence electrons. The minimum atomic E-state index is -0.645. The summed E-state index contributed by atoms with van der Waals surface area (Å²) >= 11 is 0. The largest absolute Gasteiger partial charge is 0.385 e. The molecule has 1 fully saturated rings. The molecule has 22 heavy (non-hydrogen) atoms. The first kappa shape index (κ1) is 19.4. The SMILES string of the molecule is CCCCN1CC(N)(C(=O)NCCCCCCCCOC)C1. The van der Waals surface area contributed by atoms with Crippen LogP contribution in [0.15, 0.2) is 0 Å². The van der Waals surface area contributed by atoms with Gasteiger partial charge in [0.2, 0.25) is 5.91 Å². The van der Waals surface area contributed by atoms with Crippen LogP contribution < -0.4 is 11.1 Å². The van der Waals surface area contributed by atoms with E-state index in [1.807, 2.05) is 0 Å². The van der Waals surface area contributed by atoms with E-state index in [1.54, 1.807) is 7.11 Å². The van der Waals surface area contributed by atoms with Gasteiger partial charge in [-0.25, -0.2) is 0 Å². The van der Waals surface area contributed by atoms with Crippen LogP contribution in [0.25, 0.3) is 0 Å². The molecule has 0 aromatic rings. The van der Waals surface area contributed by atoms with E-state index in [1.165, 1.54) is 38.5 Å². The van der Waals surface area contributed by atoms with E-state index in [9.17, 15) is 4.79 Å². The Kier molecular flexibility index (Phi) is 9.68. The van der Waals surface area contributed by atoms with Crippen LogP contribution in [0.2, 0.25) is 0 Å². The van der Waals surface area contributed by atoms with Crippen LogP contribution >= 0.6 is 0 Å². The maximum atomic E-state index is 12.1. The molecule has 5 heteroatoms. The molecule has 0 aliphatic carbocycles. The first-order valence-corrected chi connectivity index (χ1v) is 8.91. The fourth-order valence-corrected chi connectivity index (χ4v) is 2.89. The lowest BCUT2D eigenvalue weighted by Crippen LogP contribution is -2.73. The first-order chi connectivity index (χ1) is 10.6. The number of nitrogens with two attached hydrogens (primary N) is 1. The highest BCUT2D eigenvalue weighted by Gasteiger charge is 2.45. The minimum absolute atomic E-state index is 0.0281. The number of ether oxygens (including phenoxy) is 1. The van der Waals surface area contributed by atoms with Crippen LogP contribution in [0.4, 0.5) is 0 Å². The van der Waals surface area contributed by atoms with Crippen molar-refractivity contribution in [3.63, 3.8) is 0 Å². The van der Waals surface area contributed by atoms with Crippen LogP contribution in [0.5, 0.6) is 0 Å². The monoisotopic (exact) mass is 313 g/mol. The lowest BCUT2D eigenvalue weighted by atomic mass is 9.89. The van der Waals surface area contributed by atoms with Gasteiger partial charge in [-0.05, 0) is 25.8 Å². The quantitative estimate of drug-likeness (QED) is 0.510. The minimum Gasteiger partial charge on any atom is -0.385 e. The number of carbonyl (C=O) groups is 1. The molecule has 0 saturated carbocycles. The van der Waals surface area contributed by atoms with Gasteiger partial charge in [0.25, 0.3) is 0 Å². The number of unbranched alkanes of at least 4 members (excludes halogenated alkanes) is 6. The average Bonchev–Trinajstić information content (AvgIpc) is 2.48. The van der Waals surface area contributed by atoms with E-state index in [-0.39, 0.29) is 5.91 Å². The van der Waals surface area contributed by atoms with E-state index in [4.69, 9.17) is 10.5 Å². The predicted octanol–water partition coefficient (Wildman–Crippen LogP) is 1.90. The summed E-state index contributed by atoms with van der Waals surface area (Å²) in [5.41, 5.74) is 5.51. The fraction of sp³-hybridized carbons (Fsp3) is 0.941. The Hall–Kier alpha value is -0.650. The Bertz CT molecular complexity index is 304. The molecule has 1 aliphatic rings. The van der Waals surface area contributed by atoms with Crippen molar-refractivity contribution in [2.45, 2.75) is 63.8 Å². The molecule has 1 rings (SSSR count).